The number of carbonyl (C=O) groups is 2. The molecule has 34 heavy (non-hydrogen) atoms. The van der Waals surface area contributed by atoms with Crippen LogP contribution in [0.2, 0.25) is 0 Å². The van der Waals surface area contributed by atoms with E-state index >= 15 is 0 Å². The summed E-state index contributed by atoms with van der Waals surface area (Å²) in [4.78, 5) is 28.2. The Morgan fingerprint density at radius 1 is 1.12 bits per heavy atom. The van der Waals surface area contributed by atoms with Crippen molar-refractivity contribution in [3.05, 3.63) is 65.0 Å². The van der Waals surface area contributed by atoms with Crippen molar-refractivity contribution in [1.82, 2.24) is 10.2 Å². The molecule has 1 aliphatic heterocycles. The van der Waals surface area contributed by atoms with Gasteiger partial charge in [-0.25, -0.2) is 4.39 Å². The number of alkyl halides is 3. The highest BCUT2D eigenvalue weighted by molar-refractivity contribution is 6.02. The molecule has 182 valence electrons. The first kappa shape index (κ1) is 24.0. The second-order valence-electron chi connectivity index (χ2n) is 9.01. The lowest BCUT2D eigenvalue weighted by atomic mass is 9.99. The van der Waals surface area contributed by atoms with Gasteiger partial charge in [0, 0.05) is 17.3 Å². The van der Waals surface area contributed by atoms with Gasteiger partial charge in [0.15, 0.2) is 0 Å². The van der Waals surface area contributed by atoms with Crippen molar-refractivity contribution in [1.29, 1.82) is 0 Å². The van der Waals surface area contributed by atoms with Crippen LogP contribution in [0.5, 0.6) is 0 Å². The van der Waals surface area contributed by atoms with Crippen molar-refractivity contribution in [3.63, 3.8) is 0 Å². The number of nitrogen functional groups attached to an aromatic ring is 1. The molecule has 2 aromatic carbocycles. The van der Waals surface area contributed by atoms with E-state index in [1.807, 2.05) is 6.92 Å². The lowest BCUT2D eigenvalue weighted by molar-refractivity contribution is -0.137. The van der Waals surface area contributed by atoms with Gasteiger partial charge >= 0.3 is 6.18 Å². The number of para-hydroxylation sites is 1. The van der Waals surface area contributed by atoms with Crippen molar-refractivity contribution >= 4 is 17.5 Å². The van der Waals surface area contributed by atoms with E-state index in [9.17, 15) is 27.2 Å². The molecule has 3 atom stereocenters. The van der Waals surface area contributed by atoms with Crippen LogP contribution in [0.15, 0.2) is 42.5 Å². The fraction of sp³-hybridized carbons (Fsp3) is 0.440. The first-order chi connectivity index (χ1) is 16.1. The average Bonchev–Trinajstić information content (AvgIpc) is 3.54. The van der Waals surface area contributed by atoms with Crippen LogP contribution in [0, 0.1) is 11.7 Å². The van der Waals surface area contributed by atoms with Gasteiger partial charge in [0.25, 0.3) is 5.91 Å². The molecule has 1 saturated carbocycles. The Morgan fingerprint density at radius 3 is 2.41 bits per heavy atom. The normalized spacial score (nSPS) is 21.4. The topological polar surface area (TPSA) is 75.4 Å². The molecular weight excluding hydrogens is 450 g/mol. The van der Waals surface area contributed by atoms with E-state index in [1.165, 1.54) is 0 Å². The largest absolute Gasteiger partial charge is 0.416 e. The van der Waals surface area contributed by atoms with Crippen LogP contribution in [-0.4, -0.2) is 28.8 Å². The summed E-state index contributed by atoms with van der Waals surface area (Å²) in [6, 6.07) is 7.37. The number of halogens is 4. The predicted molar refractivity (Wildman–Crippen MR) is 119 cm³/mol. The van der Waals surface area contributed by atoms with E-state index in [0.717, 1.165) is 25.0 Å². The molecule has 5 nitrogen and oxygen atoms in total. The number of amides is 2. The molecule has 1 heterocycles. The molecular formula is C25H27F4N3O2. The number of likely N-dealkylation sites (tertiary alicyclic amines) is 1. The van der Waals surface area contributed by atoms with Gasteiger partial charge in [0.05, 0.1) is 17.2 Å². The van der Waals surface area contributed by atoms with Crippen molar-refractivity contribution < 1.29 is 27.2 Å². The quantitative estimate of drug-likeness (QED) is 0.450. The highest BCUT2D eigenvalue weighted by Crippen LogP contribution is 2.43. The predicted octanol–water partition coefficient (Wildman–Crippen LogP) is 5.08. The zero-order valence-electron chi connectivity index (χ0n) is 18.7. The zero-order chi connectivity index (χ0) is 24.6. The average molecular weight is 478 g/mol. The number of carbonyl (C=O) groups excluding carboxylic acids is 2. The molecule has 1 aliphatic carbocycles. The van der Waals surface area contributed by atoms with Crippen molar-refractivity contribution in [2.45, 2.75) is 63.3 Å². The monoisotopic (exact) mass is 477 g/mol. The van der Waals surface area contributed by atoms with E-state index in [-0.39, 0.29) is 23.4 Å². The van der Waals surface area contributed by atoms with E-state index in [2.05, 4.69) is 5.32 Å². The Balaban J connectivity index is 1.58. The van der Waals surface area contributed by atoms with Gasteiger partial charge in [0.1, 0.15) is 11.9 Å². The molecule has 2 aromatic rings. The lowest BCUT2D eigenvalue weighted by Crippen LogP contribution is -2.50. The maximum atomic E-state index is 14.7. The minimum atomic E-state index is -4.66. The standard InChI is InChI=1S/C25H27F4N3O2/c1-2-16-10-12-21(32(16)24(34)18-5-3-4-6-20(18)30)23(33)31-22(14-7-8-14)17-11-9-15(13-19(17)26)25(27,28)29/h3-6,9,11,13-14,16,21-22H,2,7-8,10,12,30H2,1H3,(H,31,33)/t16-,21-,22?/m1/s1. The highest BCUT2D eigenvalue weighted by Gasteiger charge is 2.43. The van der Waals surface area contributed by atoms with Crippen LogP contribution in [0.25, 0.3) is 0 Å². The third kappa shape index (κ3) is 4.74. The van der Waals surface area contributed by atoms with Crippen molar-refractivity contribution in [3.8, 4) is 0 Å². The summed E-state index contributed by atoms with van der Waals surface area (Å²) in [6.45, 7) is 1.93. The second-order valence-corrected chi connectivity index (χ2v) is 9.01. The molecule has 0 bridgehead atoms. The van der Waals surface area contributed by atoms with Crippen molar-refractivity contribution in [2.75, 3.05) is 5.73 Å². The minimum Gasteiger partial charge on any atom is -0.398 e. The Labute approximate surface area is 195 Å². The van der Waals surface area contributed by atoms with Gasteiger partial charge in [-0.15, -0.1) is 0 Å². The summed E-state index contributed by atoms with van der Waals surface area (Å²) in [6.07, 6.45) is -1.46. The Morgan fingerprint density at radius 2 is 1.82 bits per heavy atom. The number of hydrogen-bond donors (Lipinski definition) is 2. The van der Waals surface area contributed by atoms with E-state index in [0.29, 0.717) is 36.6 Å². The minimum absolute atomic E-state index is 0.0269. The Kier molecular flexibility index (Phi) is 6.55. The third-order valence-electron chi connectivity index (χ3n) is 6.76. The number of nitrogens with zero attached hydrogens (tertiary/aromatic N) is 1. The van der Waals surface area contributed by atoms with Gasteiger partial charge < -0.3 is 16.0 Å². The molecule has 0 spiro atoms. The summed E-state index contributed by atoms with van der Waals surface area (Å²) >= 11 is 0. The van der Waals surface area contributed by atoms with Crippen LogP contribution in [0.3, 0.4) is 0 Å². The molecule has 4 rings (SSSR count). The summed E-state index contributed by atoms with van der Waals surface area (Å²) < 4.78 is 53.6. The summed E-state index contributed by atoms with van der Waals surface area (Å²) in [7, 11) is 0. The number of rotatable bonds is 6. The van der Waals surface area contributed by atoms with Gasteiger partial charge in [0.2, 0.25) is 5.91 Å². The molecule has 3 N–H and O–H groups in total. The van der Waals surface area contributed by atoms with E-state index in [4.69, 9.17) is 5.73 Å². The van der Waals surface area contributed by atoms with Gasteiger partial charge in [-0.2, -0.15) is 13.2 Å². The van der Waals surface area contributed by atoms with Gasteiger partial charge in [-0.05, 0) is 62.3 Å². The number of anilines is 1. The van der Waals surface area contributed by atoms with Crippen LogP contribution in [-0.2, 0) is 11.0 Å². The summed E-state index contributed by atoms with van der Waals surface area (Å²) in [5, 5.41) is 2.85. The van der Waals surface area contributed by atoms with Crippen LogP contribution >= 0.6 is 0 Å². The SMILES string of the molecule is CC[C@@H]1CC[C@H](C(=O)NC(c2ccc(C(F)(F)F)cc2F)C2CC2)N1C(=O)c1ccccc1N. The molecule has 0 radical (unpaired) electrons. The fourth-order valence-electron chi connectivity index (χ4n) is 4.76. The fourth-order valence-corrected chi connectivity index (χ4v) is 4.76. The molecule has 1 saturated heterocycles. The summed E-state index contributed by atoms with van der Waals surface area (Å²) in [5.74, 6) is -1.84. The number of hydrogen-bond acceptors (Lipinski definition) is 3. The molecule has 1 unspecified atom stereocenters. The molecule has 0 aromatic heterocycles. The van der Waals surface area contributed by atoms with Gasteiger partial charge in [-0.3, -0.25) is 9.59 Å². The molecule has 2 aliphatic rings. The molecule has 9 heteroatoms. The lowest BCUT2D eigenvalue weighted by Gasteiger charge is -2.31. The Bertz CT molecular complexity index is 1080. The highest BCUT2D eigenvalue weighted by atomic mass is 19.4. The number of benzene rings is 2. The van der Waals surface area contributed by atoms with Gasteiger partial charge in [-0.1, -0.05) is 25.1 Å². The first-order valence-corrected chi connectivity index (χ1v) is 11.5. The van der Waals surface area contributed by atoms with E-state index in [1.54, 1.807) is 29.2 Å². The van der Waals surface area contributed by atoms with E-state index < -0.39 is 35.5 Å². The zero-order valence-corrected chi connectivity index (χ0v) is 18.7. The van der Waals surface area contributed by atoms with Crippen molar-refractivity contribution in [2.24, 2.45) is 5.92 Å². The van der Waals surface area contributed by atoms with Crippen LogP contribution < -0.4 is 11.1 Å². The number of nitrogens with two attached hydrogens (primary N) is 1. The third-order valence-corrected chi connectivity index (χ3v) is 6.76. The second kappa shape index (κ2) is 9.27. The maximum absolute atomic E-state index is 14.7. The Hall–Kier alpha value is -3.10. The number of nitrogens with one attached hydrogen (secondary N) is 1. The maximum Gasteiger partial charge on any atom is 0.416 e. The molecule has 2 amide bonds. The van der Waals surface area contributed by atoms with Crippen LogP contribution in [0.4, 0.5) is 23.2 Å². The van der Waals surface area contributed by atoms with Crippen LogP contribution in [0.1, 0.15) is 66.6 Å². The molecule has 2 fully saturated rings. The summed E-state index contributed by atoms with van der Waals surface area (Å²) in [5.41, 5.74) is 5.57. The smallest absolute Gasteiger partial charge is 0.398 e. The first-order valence-electron chi connectivity index (χ1n) is 11.5.